The summed E-state index contributed by atoms with van der Waals surface area (Å²) in [4.78, 5) is 11.0. The van der Waals surface area contributed by atoms with Crippen LogP contribution in [0.25, 0.3) is 0 Å². The molecule has 0 spiro atoms. The molecule has 2 atom stereocenters. The minimum absolute atomic E-state index is 0.154. The number of hydrogen-bond donors (Lipinski definition) is 0. The third-order valence-corrected chi connectivity index (χ3v) is 2.90. The first-order valence-corrected chi connectivity index (χ1v) is 5.74. The van der Waals surface area contributed by atoms with Gasteiger partial charge in [-0.05, 0) is 12.2 Å². The molecule has 0 aliphatic heterocycles. The molecule has 0 amide bonds. The van der Waals surface area contributed by atoms with Crippen molar-refractivity contribution in [3.8, 4) is 0 Å². The molecule has 20 heavy (non-hydrogen) atoms. The molecule has 0 aromatic rings. The molecule has 1 aliphatic carbocycles. The first-order chi connectivity index (χ1) is 8.96. The van der Waals surface area contributed by atoms with E-state index in [9.17, 15) is 31.1 Å². The Bertz CT molecular complexity index is 444. The molecule has 0 fully saturated rings. The van der Waals surface area contributed by atoms with E-state index in [0.29, 0.717) is 12.2 Å². The van der Waals surface area contributed by atoms with E-state index in [-0.39, 0.29) is 6.42 Å². The lowest BCUT2D eigenvalue weighted by atomic mass is 9.82. The molecule has 1 rings (SSSR count). The van der Waals surface area contributed by atoms with E-state index in [0.717, 1.165) is 6.92 Å². The average Bonchev–Trinajstić information content (AvgIpc) is 2.28. The number of ether oxygens (including phenoxy) is 1. The second-order valence-corrected chi connectivity index (χ2v) is 4.35. The monoisotopic (exact) mass is 302 g/mol. The Morgan fingerprint density at radius 2 is 1.80 bits per heavy atom. The zero-order valence-corrected chi connectivity index (χ0v) is 10.6. The predicted molar refractivity (Wildman–Crippen MR) is 57.3 cm³/mol. The van der Waals surface area contributed by atoms with Crippen LogP contribution in [0.3, 0.4) is 0 Å². The maximum Gasteiger partial charge on any atom is 0.413 e. The standard InChI is InChI=1S/C12H12F6O2/c1-3-10(19)20-7-4-8(11(13,14)15)6(2)9(5-7)12(16,17)18/h4-6,8H,3H2,1-2H3. The minimum Gasteiger partial charge on any atom is -0.427 e. The normalized spacial score (nSPS) is 24.0. The molecular weight excluding hydrogens is 290 g/mol. The summed E-state index contributed by atoms with van der Waals surface area (Å²) in [5.41, 5.74) is -1.36. The highest BCUT2D eigenvalue weighted by atomic mass is 19.4. The topological polar surface area (TPSA) is 26.3 Å². The highest BCUT2D eigenvalue weighted by Crippen LogP contribution is 2.45. The largest absolute Gasteiger partial charge is 0.427 e. The first-order valence-electron chi connectivity index (χ1n) is 5.74. The van der Waals surface area contributed by atoms with Crippen LogP contribution in [-0.2, 0) is 9.53 Å². The van der Waals surface area contributed by atoms with Gasteiger partial charge in [0.2, 0.25) is 0 Å². The zero-order chi connectivity index (χ0) is 15.7. The average molecular weight is 302 g/mol. The molecule has 0 heterocycles. The van der Waals surface area contributed by atoms with E-state index in [2.05, 4.69) is 4.74 Å². The Morgan fingerprint density at radius 1 is 1.25 bits per heavy atom. The van der Waals surface area contributed by atoms with Crippen LogP contribution in [0, 0.1) is 11.8 Å². The fourth-order valence-electron chi connectivity index (χ4n) is 1.83. The Labute approximate surface area is 111 Å². The van der Waals surface area contributed by atoms with Crippen LogP contribution in [0.5, 0.6) is 0 Å². The van der Waals surface area contributed by atoms with Gasteiger partial charge in [-0.15, -0.1) is 0 Å². The lowest BCUT2D eigenvalue weighted by Gasteiger charge is -2.30. The van der Waals surface area contributed by atoms with Gasteiger partial charge in [-0.25, -0.2) is 0 Å². The van der Waals surface area contributed by atoms with Gasteiger partial charge in [0.15, 0.2) is 0 Å². The summed E-state index contributed by atoms with van der Waals surface area (Å²) in [6, 6.07) is 0. The van der Waals surface area contributed by atoms with Crippen LogP contribution >= 0.6 is 0 Å². The van der Waals surface area contributed by atoms with Crippen molar-refractivity contribution in [2.75, 3.05) is 0 Å². The molecule has 0 aromatic heterocycles. The summed E-state index contributed by atoms with van der Waals surface area (Å²) in [7, 11) is 0. The fraction of sp³-hybridized carbons (Fsp3) is 0.583. The smallest absolute Gasteiger partial charge is 0.413 e. The van der Waals surface area contributed by atoms with Crippen molar-refractivity contribution in [1.29, 1.82) is 0 Å². The number of rotatable bonds is 2. The van der Waals surface area contributed by atoms with Crippen molar-refractivity contribution in [3.05, 3.63) is 23.5 Å². The van der Waals surface area contributed by atoms with Gasteiger partial charge in [-0.1, -0.05) is 13.8 Å². The number of carbonyl (C=O) groups excluding carboxylic acids is 1. The molecule has 114 valence electrons. The number of esters is 1. The van der Waals surface area contributed by atoms with E-state index < -0.39 is 41.5 Å². The van der Waals surface area contributed by atoms with Gasteiger partial charge < -0.3 is 4.74 Å². The van der Waals surface area contributed by atoms with Crippen LogP contribution in [0.2, 0.25) is 0 Å². The van der Waals surface area contributed by atoms with Crippen molar-refractivity contribution in [1.82, 2.24) is 0 Å². The molecule has 8 heteroatoms. The zero-order valence-electron chi connectivity index (χ0n) is 10.6. The van der Waals surface area contributed by atoms with Crippen LogP contribution in [-0.4, -0.2) is 18.3 Å². The van der Waals surface area contributed by atoms with E-state index in [4.69, 9.17) is 0 Å². The van der Waals surface area contributed by atoms with Crippen molar-refractivity contribution < 1.29 is 35.9 Å². The fourth-order valence-corrected chi connectivity index (χ4v) is 1.83. The second kappa shape index (κ2) is 5.49. The van der Waals surface area contributed by atoms with Crippen LogP contribution in [0.1, 0.15) is 20.3 Å². The molecule has 0 aromatic carbocycles. The Kier molecular flexibility index (Phi) is 4.55. The number of allylic oxidation sites excluding steroid dienone is 3. The van der Waals surface area contributed by atoms with Gasteiger partial charge in [0.1, 0.15) is 5.76 Å². The lowest BCUT2D eigenvalue weighted by Crippen LogP contribution is -2.35. The lowest BCUT2D eigenvalue weighted by molar-refractivity contribution is -0.178. The van der Waals surface area contributed by atoms with Gasteiger partial charge in [0.25, 0.3) is 0 Å². The van der Waals surface area contributed by atoms with Crippen molar-refractivity contribution >= 4 is 5.97 Å². The van der Waals surface area contributed by atoms with E-state index in [1.807, 2.05) is 0 Å². The SMILES string of the molecule is CCC(=O)OC1=CC(C(F)(F)F)C(C)C(C(F)(F)F)=C1. The highest BCUT2D eigenvalue weighted by molar-refractivity contribution is 5.70. The van der Waals surface area contributed by atoms with E-state index in [1.54, 1.807) is 0 Å². The summed E-state index contributed by atoms with van der Waals surface area (Å²) in [5, 5.41) is 0. The van der Waals surface area contributed by atoms with Gasteiger partial charge in [-0.2, -0.15) is 26.3 Å². The molecule has 0 saturated heterocycles. The van der Waals surface area contributed by atoms with Gasteiger partial charge in [0.05, 0.1) is 5.92 Å². The van der Waals surface area contributed by atoms with Crippen molar-refractivity contribution in [3.63, 3.8) is 0 Å². The number of hydrogen-bond acceptors (Lipinski definition) is 2. The number of halogens is 6. The molecule has 2 nitrogen and oxygen atoms in total. The molecule has 0 bridgehead atoms. The summed E-state index contributed by atoms with van der Waals surface area (Å²) < 4.78 is 81.0. The van der Waals surface area contributed by atoms with Crippen LogP contribution in [0.4, 0.5) is 26.3 Å². The second-order valence-electron chi connectivity index (χ2n) is 4.35. The third kappa shape index (κ3) is 3.77. The summed E-state index contributed by atoms with van der Waals surface area (Å²) in [6.07, 6.45) is -8.97. The first kappa shape index (κ1) is 16.6. The maximum atomic E-state index is 12.8. The molecule has 0 N–H and O–H groups in total. The van der Waals surface area contributed by atoms with E-state index >= 15 is 0 Å². The maximum absolute atomic E-state index is 12.8. The third-order valence-electron chi connectivity index (χ3n) is 2.90. The Balaban J connectivity index is 3.20. The minimum atomic E-state index is -4.92. The number of alkyl halides is 6. The predicted octanol–water partition coefficient (Wildman–Crippen LogP) is 4.14. The van der Waals surface area contributed by atoms with Gasteiger partial charge in [-0.3, -0.25) is 4.79 Å². The van der Waals surface area contributed by atoms with Crippen molar-refractivity contribution in [2.24, 2.45) is 11.8 Å². The van der Waals surface area contributed by atoms with Crippen LogP contribution in [0.15, 0.2) is 23.5 Å². The summed E-state index contributed by atoms with van der Waals surface area (Å²) in [5.74, 6) is -5.75. The Hall–Kier alpha value is -1.47. The Morgan fingerprint density at radius 3 is 2.20 bits per heavy atom. The quantitative estimate of drug-likeness (QED) is 0.566. The van der Waals surface area contributed by atoms with E-state index in [1.165, 1.54) is 6.92 Å². The van der Waals surface area contributed by atoms with Gasteiger partial charge >= 0.3 is 18.3 Å². The van der Waals surface area contributed by atoms with Crippen LogP contribution < -0.4 is 0 Å². The van der Waals surface area contributed by atoms with Gasteiger partial charge in [0, 0.05) is 17.9 Å². The molecule has 2 unspecified atom stereocenters. The molecule has 0 saturated carbocycles. The van der Waals surface area contributed by atoms with Crippen molar-refractivity contribution in [2.45, 2.75) is 32.6 Å². The molecular formula is C12H12F6O2. The summed E-state index contributed by atoms with van der Waals surface area (Å²) in [6.45, 7) is 2.22. The highest BCUT2D eigenvalue weighted by Gasteiger charge is 2.50. The molecule has 1 aliphatic rings. The molecule has 0 radical (unpaired) electrons. The summed E-state index contributed by atoms with van der Waals surface area (Å²) >= 11 is 0. The number of carbonyl (C=O) groups is 1.